The van der Waals surface area contributed by atoms with E-state index in [1.165, 1.54) is 19.2 Å². The molecule has 0 radical (unpaired) electrons. The van der Waals surface area contributed by atoms with Gasteiger partial charge in [0.05, 0.1) is 24.6 Å². The lowest BCUT2D eigenvalue weighted by atomic mass is 9.80. The summed E-state index contributed by atoms with van der Waals surface area (Å²) in [5, 5.41) is 12.8. The lowest BCUT2D eigenvalue weighted by Gasteiger charge is -2.29. The number of ether oxygens (including phenoxy) is 3. The summed E-state index contributed by atoms with van der Waals surface area (Å²) in [6.07, 6.45) is 0. The molecule has 5 rings (SSSR count). The number of fused-ring (bicyclic) bond motifs is 2. The fraction of sp³-hybridized carbons (Fsp3) is 0.348. The van der Waals surface area contributed by atoms with Crippen LogP contribution in [-0.2, 0) is 19.1 Å². The van der Waals surface area contributed by atoms with Crippen molar-refractivity contribution in [2.75, 3.05) is 25.2 Å². The van der Waals surface area contributed by atoms with E-state index in [0.29, 0.717) is 36.0 Å². The van der Waals surface area contributed by atoms with Gasteiger partial charge in [0.1, 0.15) is 24.5 Å². The molecule has 2 N–H and O–H groups in total. The van der Waals surface area contributed by atoms with Crippen molar-refractivity contribution in [1.82, 2.24) is 5.32 Å². The van der Waals surface area contributed by atoms with Crippen LogP contribution in [0.1, 0.15) is 18.5 Å². The Kier molecular flexibility index (Phi) is 4.59. The Hall–Kier alpha value is -3.59. The number of carbonyl (C=O) groups excluding carboxylic acids is 3. The molecular weight excluding hydrogens is 416 g/mol. The van der Waals surface area contributed by atoms with Gasteiger partial charge >= 0.3 is 5.97 Å². The van der Waals surface area contributed by atoms with Crippen LogP contribution in [0.3, 0.4) is 0 Å². The van der Waals surface area contributed by atoms with Crippen LogP contribution in [0.5, 0.6) is 17.2 Å². The summed E-state index contributed by atoms with van der Waals surface area (Å²) < 4.78 is 16.1. The van der Waals surface area contributed by atoms with E-state index in [2.05, 4.69) is 5.32 Å². The summed E-state index contributed by atoms with van der Waals surface area (Å²) in [4.78, 5) is 41.1. The summed E-state index contributed by atoms with van der Waals surface area (Å²) in [5.74, 6) is -2.26. The van der Waals surface area contributed by atoms with Gasteiger partial charge in [0.25, 0.3) is 0 Å². The van der Waals surface area contributed by atoms with Crippen LogP contribution in [0.2, 0.25) is 0 Å². The van der Waals surface area contributed by atoms with Crippen molar-refractivity contribution in [3.63, 3.8) is 0 Å². The average Bonchev–Trinajstić information content (AvgIpc) is 3.26. The largest absolute Gasteiger partial charge is 0.508 e. The summed E-state index contributed by atoms with van der Waals surface area (Å²) in [5.41, 5.74) is -0.372. The van der Waals surface area contributed by atoms with Crippen molar-refractivity contribution < 1.29 is 33.7 Å². The van der Waals surface area contributed by atoms with Crippen LogP contribution >= 0.6 is 0 Å². The summed E-state index contributed by atoms with van der Waals surface area (Å²) in [6.45, 7) is 2.38. The van der Waals surface area contributed by atoms with Gasteiger partial charge in [-0.2, -0.15) is 0 Å². The molecule has 2 saturated heterocycles. The van der Waals surface area contributed by atoms with Crippen LogP contribution in [0.15, 0.2) is 42.5 Å². The Bertz CT molecular complexity index is 1120. The van der Waals surface area contributed by atoms with Crippen molar-refractivity contribution in [3.8, 4) is 17.2 Å². The van der Waals surface area contributed by atoms with Crippen LogP contribution in [0.4, 0.5) is 5.69 Å². The molecule has 32 heavy (non-hydrogen) atoms. The highest BCUT2D eigenvalue weighted by Gasteiger charge is 2.67. The van der Waals surface area contributed by atoms with Crippen molar-refractivity contribution in [1.29, 1.82) is 0 Å². The fourth-order valence-corrected chi connectivity index (χ4v) is 4.93. The molecule has 9 nitrogen and oxygen atoms in total. The molecule has 2 aromatic carbocycles. The van der Waals surface area contributed by atoms with Crippen LogP contribution in [-0.4, -0.2) is 48.8 Å². The SMILES string of the molecule is COC(=O)[C@]1(C)N[C@H](c2ccc(O)cc2)[C@@H]2C(=O)N(c3ccc4c(c3)OCCO4)C(=O)[C@@H]21. The molecule has 0 aliphatic carbocycles. The maximum absolute atomic E-state index is 13.6. The molecule has 3 heterocycles. The lowest BCUT2D eigenvalue weighted by Crippen LogP contribution is -2.54. The molecule has 2 amide bonds. The van der Waals surface area contributed by atoms with Gasteiger partial charge in [0.2, 0.25) is 11.8 Å². The number of amides is 2. The minimum Gasteiger partial charge on any atom is -0.508 e. The number of hydrogen-bond donors (Lipinski definition) is 2. The second-order valence-corrected chi connectivity index (χ2v) is 8.25. The number of aromatic hydroxyl groups is 1. The minimum absolute atomic E-state index is 0.0748. The molecule has 9 heteroatoms. The summed E-state index contributed by atoms with van der Waals surface area (Å²) in [7, 11) is 1.25. The number of hydrogen-bond acceptors (Lipinski definition) is 8. The van der Waals surface area contributed by atoms with Gasteiger partial charge in [-0.3, -0.25) is 19.7 Å². The molecule has 3 aliphatic heterocycles. The number of nitrogens with one attached hydrogen (secondary N) is 1. The highest BCUT2D eigenvalue weighted by Crippen LogP contribution is 2.50. The smallest absolute Gasteiger partial charge is 0.326 e. The number of carbonyl (C=O) groups is 3. The average molecular weight is 438 g/mol. The van der Waals surface area contributed by atoms with Crippen LogP contribution in [0.25, 0.3) is 0 Å². The zero-order chi connectivity index (χ0) is 22.6. The second kappa shape index (κ2) is 7.23. The molecule has 0 aromatic heterocycles. The first-order chi connectivity index (χ1) is 15.3. The number of methoxy groups -OCH3 is 1. The van der Waals surface area contributed by atoms with Crippen LogP contribution < -0.4 is 19.7 Å². The quantitative estimate of drug-likeness (QED) is 0.548. The molecule has 0 unspecified atom stereocenters. The standard InChI is InChI=1S/C23H22N2O7/c1-23(22(29)30-2)18-17(19(24-23)12-3-6-14(26)7-4-12)20(27)25(21(18)28)13-5-8-15-16(11-13)32-10-9-31-15/h3-8,11,17-19,24,26H,9-10H2,1-2H3/t17-,18-,19-,23-/m1/s1. The topological polar surface area (TPSA) is 114 Å². The third-order valence-corrected chi connectivity index (χ3v) is 6.43. The number of benzene rings is 2. The molecule has 166 valence electrons. The van der Waals surface area contributed by atoms with E-state index in [1.807, 2.05) is 0 Å². The Morgan fingerprint density at radius 3 is 2.47 bits per heavy atom. The molecule has 2 aromatic rings. The van der Waals surface area contributed by atoms with Gasteiger partial charge in [-0.25, -0.2) is 4.90 Å². The first-order valence-corrected chi connectivity index (χ1v) is 10.3. The summed E-state index contributed by atoms with van der Waals surface area (Å²) >= 11 is 0. The number of anilines is 1. The second-order valence-electron chi connectivity index (χ2n) is 8.25. The first kappa shape index (κ1) is 20.3. The van der Waals surface area contributed by atoms with Gasteiger partial charge in [0, 0.05) is 12.1 Å². The van der Waals surface area contributed by atoms with Gasteiger partial charge < -0.3 is 19.3 Å². The maximum Gasteiger partial charge on any atom is 0.326 e. The number of imide groups is 1. The molecule has 0 spiro atoms. The van der Waals surface area contributed by atoms with E-state index in [4.69, 9.17) is 14.2 Å². The van der Waals surface area contributed by atoms with E-state index in [0.717, 1.165) is 4.90 Å². The van der Waals surface area contributed by atoms with Crippen molar-refractivity contribution in [2.45, 2.75) is 18.5 Å². The van der Waals surface area contributed by atoms with E-state index < -0.39 is 41.2 Å². The molecular formula is C23H22N2O7. The van der Waals surface area contributed by atoms with E-state index in [9.17, 15) is 19.5 Å². The number of esters is 1. The van der Waals surface area contributed by atoms with E-state index >= 15 is 0 Å². The normalized spacial score (nSPS) is 28.6. The highest BCUT2D eigenvalue weighted by molar-refractivity contribution is 6.24. The Morgan fingerprint density at radius 2 is 1.78 bits per heavy atom. The fourth-order valence-electron chi connectivity index (χ4n) is 4.93. The van der Waals surface area contributed by atoms with Crippen molar-refractivity contribution in [3.05, 3.63) is 48.0 Å². The Labute approximate surface area is 183 Å². The Balaban J connectivity index is 1.58. The third-order valence-electron chi connectivity index (χ3n) is 6.43. The lowest BCUT2D eigenvalue weighted by molar-refractivity contribution is -0.151. The molecule has 3 aliphatic rings. The zero-order valence-corrected chi connectivity index (χ0v) is 17.5. The first-order valence-electron chi connectivity index (χ1n) is 10.3. The maximum atomic E-state index is 13.6. The molecule has 4 atom stereocenters. The molecule has 0 saturated carbocycles. The Morgan fingerprint density at radius 1 is 1.09 bits per heavy atom. The van der Waals surface area contributed by atoms with Gasteiger partial charge in [-0.05, 0) is 36.8 Å². The zero-order valence-electron chi connectivity index (χ0n) is 17.5. The number of rotatable bonds is 3. The number of nitrogens with zero attached hydrogens (tertiary/aromatic N) is 1. The van der Waals surface area contributed by atoms with E-state index in [-0.39, 0.29) is 5.75 Å². The summed E-state index contributed by atoms with van der Waals surface area (Å²) in [6, 6.07) is 10.6. The molecule has 0 bridgehead atoms. The highest BCUT2D eigenvalue weighted by atomic mass is 16.6. The van der Waals surface area contributed by atoms with Gasteiger partial charge in [-0.1, -0.05) is 12.1 Å². The predicted octanol–water partition coefficient (Wildman–Crippen LogP) is 1.55. The van der Waals surface area contributed by atoms with Crippen molar-refractivity contribution in [2.24, 2.45) is 11.8 Å². The van der Waals surface area contributed by atoms with Gasteiger partial charge in [-0.15, -0.1) is 0 Å². The third kappa shape index (κ3) is 2.85. The molecule has 2 fully saturated rings. The number of phenols is 1. The van der Waals surface area contributed by atoms with Crippen molar-refractivity contribution >= 4 is 23.5 Å². The monoisotopic (exact) mass is 438 g/mol. The number of phenolic OH excluding ortho intramolecular Hbond substituents is 1. The van der Waals surface area contributed by atoms with Crippen LogP contribution in [0, 0.1) is 11.8 Å². The van der Waals surface area contributed by atoms with E-state index in [1.54, 1.807) is 37.3 Å². The predicted molar refractivity (Wildman–Crippen MR) is 111 cm³/mol. The van der Waals surface area contributed by atoms with Gasteiger partial charge in [0.15, 0.2) is 11.5 Å². The minimum atomic E-state index is -1.41.